The Kier molecular flexibility index (Phi) is 8.23. The smallest absolute Gasteiger partial charge is 0.119 e. The van der Waals surface area contributed by atoms with Crippen LogP contribution >= 0.6 is 23.4 Å². The minimum Gasteiger partial charge on any atom is -0.491 e. The lowest BCUT2D eigenvalue weighted by atomic mass is 9.91. The van der Waals surface area contributed by atoms with E-state index in [-0.39, 0.29) is 5.25 Å². The van der Waals surface area contributed by atoms with Crippen LogP contribution in [0.5, 0.6) is 5.75 Å². The molecule has 162 valence electrons. The van der Waals surface area contributed by atoms with E-state index >= 15 is 0 Å². The predicted molar refractivity (Wildman–Crippen MR) is 110 cm³/mol. The van der Waals surface area contributed by atoms with Gasteiger partial charge in [0.2, 0.25) is 0 Å². The highest BCUT2D eigenvalue weighted by Crippen LogP contribution is 2.45. The zero-order chi connectivity index (χ0) is 21.0. The number of allylic oxidation sites excluding steroid dienone is 1. The third-order valence-corrected chi connectivity index (χ3v) is 6.94. The lowest BCUT2D eigenvalue weighted by Gasteiger charge is -2.42. The minimum absolute atomic E-state index is 0.208. The fraction of sp³-hybridized carbons (Fsp3) is 0.600. The highest BCUT2D eigenvalue weighted by atomic mass is 35.5. The van der Waals surface area contributed by atoms with E-state index in [1.54, 1.807) is 7.11 Å². The van der Waals surface area contributed by atoms with Gasteiger partial charge in [0.1, 0.15) is 36.8 Å². The molecule has 0 aromatic heterocycles. The van der Waals surface area contributed by atoms with Gasteiger partial charge in [0, 0.05) is 12.4 Å². The van der Waals surface area contributed by atoms with Crippen molar-refractivity contribution in [3.05, 3.63) is 39.8 Å². The van der Waals surface area contributed by atoms with Crippen LogP contribution < -0.4 is 4.74 Å². The fourth-order valence-corrected chi connectivity index (χ4v) is 5.26. The van der Waals surface area contributed by atoms with E-state index in [0.717, 1.165) is 16.9 Å². The molecule has 2 aliphatic rings. The van der Waals surface area contributed by atoms with Crippen molar-refractivity contribution in [1.29, 1.82) is 0 Å². The molecule has 0 radical (unpaired) electrons. The van der Waals surface area contributed by atoms with Crippen molar-refractivity contribution in [3.8, 4) is 5.75 Å². The molecule has 0 bridgehead atoms. The van der Waals surface area contributed by atoms with Crippen molar-refractivity contribution in [2.24, 2.45) is 0 Å². The Morgan fingerprint density at radius 1 is 1.10 bits per heavy atom. The molecule has 6 unspecified atom stereocenters. The number of aliphatic hydroxyl groups is 4. The van der Waals surface area contributed by atoms with E-state index in [1.807, 2.05) is 24.3 Å². The zero-order valence-electron chi connectivity index (χ0n) is 16.1. The van der Waals surface area contributed by atoms with Gasteiger partial charge in [-0.2, -0.15) is 0 Å². The summed E-state index contributed by atoms with van der Waals surface area (Å²) in [7, 11) is 1.63. The second kappa shape index (κ2) is 10.5. The van der Waals surface area contributed by atoms with Gasteiger partial charge in [0.25, 0.3) is 0 Å². The summed E-state index contributed by atoms with van der Waals surface area (Å²) in [4.78, 5) is 0. The Labute approximate surface area is 179 Å². The quantitative estimate of drug-likeness (QED) is 0.439. The van der Waals surface area contributed by atoms with Crippen molar-refractivity contribution >= 4 is 23.4 Å². The van der Waals surface area contributed by atoms with Crippen LogP contribution in [-0.2, 0) is 15.9 Å². The molecule has 0 spiro atoms. The second-order valence-electron chi connectivity index (χ2n) is 7.19. The molecule has 6 atom stereocenters. The van der Waals surface area contributed by atoms with Crippen LogP contribution in [0.4, 0.5) is 0 Å². The maximum absolute atomic E-state index is 10.3. The van der Waals surface area contributed by atoms with Crippen LogP contribution in [0, 0.1) is 0 Å². The Morgan fingerprint density at radius 2 is 1.83 bits per heavy atom. The van der Waals surface area contributed by atoms with Crippen molar-refractivity contribution in [3.63, 3.8) is 0 Å². The van der Waals surface area contributed by atoms with Gasteiger partial charge in [0.05, 0.1) is 23.7 Å². The number of rotatable bonds is 8. The molecule has 3 rings (SSSR count). The first-order chi connectivity index (χ1) is 13.9. The molecule has 0 amide bonds. The first kappa shape index (κ1) is 22.8. The summed E-state index contributed by atoms with van der Waals surface area (Å²) in [5.74, 6) is 0.769. The fourth-order valence-electron chi connectivity index (χ4n) is 3.54. The third kappa shape index (κ3) is 5.45. The van der Waals surface area contributed by atoms with Crippen LogP contribution in [0.1, 0.15) is 12.0 Å². The van der Waals surface area contributed by atoms with Gasteiger partial charge in [0.15, 0.2) is 0 Å². The summed E-state index contributed by atoms with van der Waals surface area (Å²) in [6, 6.07) is 7.75. The molecule has 2 heterocycles. The van der Waals surface area contributed by atoms with E-state index in [1.165, 1.54) is 11.8 Å². The molecule has 1 aromatic carbocycles. The summed E-state index contributed by atoms with van der Waals surface area (Å²) in [6.45, 7) is 0.580. The summed E-state index contributed by atoms with van der Waals surface area (Å²) in [6.07, 6.45) is -4.40. The summed E-state index contributed by atoms with van der Waals surface area (Å²) >= 11 is 7.83. The first-order valence-electron chi connectivity index (χ1n) is 9.50. The molecular formula is C20H27ClO7S. The molecule has 9 heteroatoms. The van der Waals surface area contributed by atoms with Gasteiger partial charge in [-0.1, -0.05) is 23.7 Å². The van der Waals surface area contributed by atoms with Crippen molar-refractivity contribution < 1.29 is 34.6 Å². The molecule has 7 nitrogen and oxygen atoms in total. The third-order valence-electron chi connectivity index (χ3n) is 5.17. The predicted octanol–water partition coefficient (Wildman–Crippen LogP) is 1.05. The van der Waals surface area contributed by atoms with Crippen LogP contribution in [0.3, 0.4) is 0 Å². The normalized spacial score (nSPS) is 32.6. The number of hydrogen-bond donors (Lipinski definition) is 4. The lowest BCUT2D eigenvalue weighted by molar-refractivity contribution is -0.228. The molecule has 0 saturated carbocycles. The van der Waals surface area contributed by atoms with Gasteiger partial charge < -0.3 is 34.6 Å². The molecular weight excluding hydrogens is 420 g/mol. The second-order valence-corrected chi connectivity index (χ2v) is 9.04. The van der Waals surface area contributed by atoms with E-state index in [4.69, 9.17) is 25.8 Å². The summed E-state index contributed by atoms with van der Waals surface area (Å²) in [5, 5.41) is 39.5. The number of halogens is 1. The zero-order valence-corrected chi connectivity index (χ0v) is 17.7. The number of hydrogen-bond acceptors (Lipinski definition) is 8. The molecule has 4 N–H and O–H groups in total. The Hall–Kier alpha value is -0.840. The maximum atomic E-state index is 10.3. The van der Waals surface area contributed by atoms with Crippen molar-refractivity contribution in [1.82, 2.24) is 0 Å². The number of ether oxygens (including phenoxy) is 3. The monoisotopic (exact) mass is 446 g/mol. The van der Waals surface area contributed by atoms with E-state index in [9.17, 15) is 20.4 Å². The van der Waals surface area contributed by atoms with E-state index < -0.39 is 37.1 Å². The molecule has 29 heavy (non-hydrogen) atoms. The van der Waals surface area contributed by atoms with Crippen LogP contribution in [-0.4, -0.2) is 83.1 Å². The minimum atomic E-state index is -1.38. The molecule has 1 saturated heterocycles. The number of thioether (sulfide) groups is 1. The number of methoxy groups -OCH3 is 1. The average Bonchev–Trinajstić information content (AvgIpc) is 3.08. The Balaban J connectivity index is 1.59. The van der Waals surface area contributed by atoms with E-state index in [2.05, 4.69) is 0 Å². The highest BCUT2D eigenvalue weighted by molar-refractivity contribution is 8.05. The standard InChI is InChI=1S/C20H27ClO7S/c1-26-6-7-27-13-4-2-11(3-5-13)8-12-9-15(29-20(12)21)19-18(25)17(24)16(23)14(10-22)28-19/h2-5,14-19,22-25H,6-10H2,1H3. The largest absolute Gasteiger partial charge is 0.491 e. The molecule has 1 aromatic rings. The summed E-state index contributed by atoms with van der Waals surface area (Å²) < 4.78 is 16.9. The molecule has 2 aliphatic heterocycles. The van der Waals surface area contributed by atoms with Crippen molar-refractivity contribution in [2.75, 3.05) is 26.9 Å². The Morgan fingerprint density at radius 3 is 2.48 bits per heavy atom. The number of aliphatic hydroxyl groups excluding tert-OH is 4. The van der Waals surface area contributed by atoms with Gasteiger partial charge in [-0.25, -0.2) is 0 Å². The van der Waals surface area contributed by atoms with Crippen LogP contribution in [0.2, 0.25) is 0 Å². The van der Waals surface area contributed by atoms with Crippen LogP contribution in [0.25, 0.3) is 0 Å². The SMILES string of the molecule is COCCOc1ccc(CC2=C(Cl)SC(C3OC(CO)C(O)C(O)C3O)C2)cc1. The molecule has 1 fully saturated rings. The van der Waals surface area contributed by atoms with Gasteiger partial charge >= 0.3 is 0 Å². The maximum Gasteiger partial charge on any atom is 0.119 e. The van der Waals surface area contributed by atoms with Gasteiger partial charge in [-0.05, 0) is 36.1 Å². The first-order valence-corrected chi connectivity index (χ1v) is 10.8. The summed E-state index contributed by atoms with van der Waals surface area (Å²) in [5.41, 5.74) is 2.10. The lowest BCUT2D eigenvalue weighted by Crippen LogP contribution is -2.60. The van der Waals surface area contributed by atoms with Crippen LogP contribution in [0.15, 0.2) is 34.2 Å². The molecule has 0 aliphatic carbocycles. The van der Waals surface area contributed by atoms with Gasteiger partial charge in [-0.15, -0.1) is 11.8 Å². The van der Waals surface area contributed by atoms with E-state index in [0.29, 0.717) is 30.4 Å². The topological polar surface area (TPSA) is 109 Å². The van der Waals surface area contributed by atoms with Crippen molar-refractivity contribution in [2.45, 2.75) is 48.6 Å². The average molecular weight is 447 g/mol. The number of benzene rings is 1. The Bertz CT molecular complexity index is 697. The van der Waals surface area contributed by atoms with Gasteiger partial charge in [-0.3, -0.25) is 0 Å². The highest BCUT2D eigenvalue weighted by Gasteiger charge is 2.47.